The molecular formula is C13H21N3O. The van der Waals surface area contributed by atoms with E-state index in [4.69, 9.17) is 10.9 Å². The molecule has 0 saturated heterocycles. The summed E-state index contributed by atoms with van der Waals surface area (Å²) in [5, 5.41) is 11.8. The molecule has 1 aromatic carbocycles. The number of nitrogens with two attached hydrogens (primary N) is 1. The zero-order chi connectivity index (χ0) is 12.7. The lowest BCUT2D eigenvalue weighted by atomic mass is 10.0. The molecule has 1 atom stereocenters. The summed E-state index contributed by atoms with van der Waals surface area (Å²) in [5.74, 6) is 0.269. The van der Waals surface area contributed by atoms with Crippen molar-refractivity contribution in [1.29, 1.82) is 0 Å². The Balaban J connectivity index is 2.93. The smallest absolute Gasteiger partial charge is 0.141 e. The molecule has 17 heavy (non-hydrogen) atoms. The van der Waals surface area contributed by atoms with Gasteiger partial charge in [-0.1, -0.05) is 49.3 Å². The highest BCUT2D eigenvalue weighted by Crippen LogP contribution is 2.23. The largest absolute Gasteiger partial charge is 0.409 e. The van der Waals surface area contributed by atoms with Gasteiger partial charge in [0.05, 0.1) is 0 Å². The van der Waals surface area contributed by atoms with E-state index in [1.165, 1.54) is 5.56 Å². The number of benzene rings is 1. The molecule has 0 fully saturated rings. The van der Waals surface area contributed by atoms with Crippen molar-refractivity contribution >= 4 is 5.84 Å². The fourth-order valence-electron chi connectivity index (χ4n) is 2.04. The Morgan fingerprint density at radius 3 is 2.35 bits per heavy atom. The lowest BCUT2D eigenvalue weighted by molar-refractivity contribution is 0.221. The Morgan fingerprint density at radius 1 is 1.29 bits per heavy atom. The molecule has 0 heterocycles. The summed E-state index contributed by atoms with van der Waals surface area (Å²) in [4.78, 5) is 2.30. The van der Waals surface area contributed by atoms with Crippen molar-refractivity contribution in [2.45, 2.75) is 26.3 Å². The molecule has 0 radical (unpaired) electrons. The topological polar surface area (TPSA) is 61.8 Å². The predicted octanol–water partition coefficient (Wildman–Crippen LogP) is 2.21. The minimum Gasteiger partial charge on any atom is -0.409 e. The third-order valence-electron chi connectivity index (χ3n) is 2.97. The highest BCUT2D eigenvalue weighted by Gasteiger charge is 2.19. The molecule has 3 N–H and O–H groups in total. The third-order valence-corrected chi connectivity index (χ3v) is 2.97. The molecule has 0 saturated carbocycles. The van der Waals surface area contributed by atoms with E-state index in [1.54, 1.807) is 0 Å². The zero-order valence-corrected chi connectivity index (χ0v) is 10.5. The van der Waals surface area contributed by atoms with Crippen molar-refractivity contribution in [3.63, 3.8) is 0 Å². The first-order chi connectivity index (χ1) is 8.22. The molecule has 0 spiro atoms. The molecule has 1 unspecified atom stereocenters. The van der Waals surface area contributed by atoms with Crippen molar-refractivity contribution in [3.05, 3.63) is 35.9 Å². The number of rotatable bonds is 6. The predicted molar refractivity (Wildman–Crippen MR) is 70.1 cm³/mol. The van der Waals surface area contributed by atoms with Gasteiger partial charge >= 0.3 is 0 Å². The summed E-state index contributed by atoms with van der Waals surface area (Å²) >= 11 is 0. The third kappa shape index (κ3) is 3.75. The molecular weight excluding hydrogens is 214 g/mol. The molecule has 1 aromatic rings. The Bertz CT molecular complexity index is 347. The normalized spacial score (nSPS) is 13.9. The van der Waals surface area contributed by atoms with Crippen LogP contribution in [0.4, 0.5) is 0 Å². The van der Waals surface area contributed by atoms with Gasteiger partial charge in [-0.05, 0) is 18.7 Å². The van der Waals surface area contributed by atoms with E-state index in [0.717, 1.165) is 13.1 Å². The molecule has 0 amide bonds. The van der Waals surface area contributed by atoms with Crippen LogP contribution in [0.5, 0.6) is 0 Å². The van der Waals surface area contributed by atoms with E-state index < -0.39 is 0 Å². The van der Waals surface area contributed by atoms with Crippen molar-refractivity contribution in [2.24, 2.45) is 10.9 Å². The maximum Gasteiger partial charge on any atom is 0.141 e. The van der Waals surface area contributed by atoms with Gasteiger partial charge in [0.1, 0.15) is 5.84 Å². The van der Waals surface area contributed by atoms with Crippen LogP contribution in [-0.2, 0) is 0 Å². The van der Waals surface area contributed by atoms with Gasteiger partial charge in [0.15, 0.2) is 0 Å². The van der Waals surface area contributed by atoms with Gasteiger partial charge in [-0.25, -0.2) is 0 Å². The van der Waals surface area contributed by atoms with Crippen LogP contribution in [0.3, 0.4) is 0 Å². The summed E-state index contributed by atoms with van der Waals surface area (Å²) in [5.41, 5.74) is 6.83. The fraction of sp³-hybridized carbons (Fsp3) is 0.462. The van der Waals surface area contributed by atoms with Crippen LogP contribution in [-0.4, -0.2) is 29.0 Å². The molecule has 94 valence electrons. The SMILES string of the molecule is CCN(CC)C(CC(N)=NO)c1ccccc1. The van der Waals surface area contributed by atoms with Crippen molar-refractivity contribution < 1.29 is 5.21 Å². The molecule has 0 aliphatic carbocycles. The van der Waals surface area contributed by atoms with E-state index in [2.05, 4.69) is 36.0 Å². The second-order valence-electron chi connectivity index (χ2n) is 3.94. The van der Waals surface area contributed by atoms with Gasteiger partial charge in [0.2, 0.25) is 0 Å². The van der Waals surface area contributed by atoms with Gasteiger partial charge in [0, 0.05) is 12.5 Å². The van der Waals surface area contributed by atoms with Gasteiger partial charge in [-0.3, -0.25) is 4.90 Å². The number of hydrogen-bond acceptors (Lipinski definition) is 3. The van der Waals surface area contributed by atoms with E-state index in [-0.39, 0.29) is 11.9 Å². The first-order valence-corrected chi connectivity index (χ1v) is 5.98. The van der Waals surface area contributed by atoms with Gasteiger partial charge in [-0.2, -0.15) is 0 Å². The van der Waals surface area contributed by atoms with Crippen LogP contribution < -0.4 is 5.73 Å². The number of nitrogens with zero attached hydrogens (tertiary/aromatic N) is 2. The Morgan fingerprint density at radius 2 is 1.88 bits per heavy atom. The maximum absolute atomic E-state index is 8.70. The number of oxime groups is 1. The second-order valence-corrected chi connectivity index (χ2v) is 3.94. The van der Waals surface area contributed by atoms with Crippen molar-refractivity contribution in [2.75, 3.05) is 13.1 Å². The van der Waals surface area contributed by atoms with E-state index in [0.29, 0.717) is 6.42 Å². The lowest BCUT2D eigenvalue weighted by Gasteiger charge is -2.29. The summed E-state index contributed by atoms with van der Waals surface area (Å²) in [7, 11) is 0. The first kappa shape index (κ1) is 13.5. The molecule has 0 aliphatic rings. The molecule has 0 aliphatic heterocycles. The Labute approximate surface area is 103 Å². The highest BCUT2D eigenvalue weighted by atomic mass is 16.4. The zero-order valence-electron chi connectivity index (χ0n) is 10.5. The maximum atomic E-state index is 8.70. The van der Waals surface area contributed by atoms with E-state index >= 15 is 0 Å². The summed E-state index contributed by atoms with van der Waals surface area (Å²) in [6, 6.07) is 10.3. The monoisotopic (exact) mass is 235 g/mol. The molecule has 1 rings (SSSR count). The Kier molecular flexibility index (Phi) is 5.49. The average Bonchev–Trinajstić information content (AvgIpc) is 2.39. The van der Waals surface area contributed by atoms with Gasteiger partial charge in [0.25, 0.3) is 0 Å². The molecule has 0 bridgehead atoms. The molecule has 4 nitrogen and oxygen atoms in total. The summed E-state index contributed by atoms with van der Waals surface area (Å²) in [6.07, 6.45) is 0.544. The van der Waals surface area contributed by atoms with Crippen LogP contribution in [0, 0.1) is 0 Å². The number of hydrogen-bond donors (Lipinski definition) is 2. The summed E-state index contributed by atoms with van der Waals surface area (Å²) in [6.45, 7) is 6.11. The van der Waals surface area contributed by atoms with Crippen LogP contribution in [0.15, 0.2) is 35.5 Å². The Hall–Kier alpha value is -1.55. The quantitative estimate of drug-likeness (QED) is 0.344. The van der Waals surface area contributed by atoms with Crippen molar-refractivity contribution in [3.8, 4) is 0 Å². The van der Waals surface area contributed by atoms with E-state index in [9.17, 15) is 0 Å². The summed E-state index contributed by atoms with van der Waals surface area (Å²) < 4.78 is 0. The second kappa shape index (κ2) is 6.91. The van der Waals surface area contributed by atoms with Crippen molar-refractivity contribution in [1.82, 2.24) is 4.90 Å². The highest BCUT2D eigenvalue weighted by molar-refractivity contribution is 5.80. The van der Waals surface area contributed by atoms with Crippen LogP contribution >= 0.6 is 0 Å². The van der Waals surface area contributed by atoms with Gasteiger partial charge in [-0.15, -0.1) is 0 Å². The van der Waals surface area contributed by atoms with Crippen LogP contribution in [0.25, 0.3) is 0 Å². The minimum atomic E-state index is 0.169. The molecule has 4 heteroatoms. The number of amidine groups is 1. The average molecular weight is 235 g/mol. The van der Waals surface area contributed by atoms with E-state index in [1.807, 2.05) is 18.2 Å². The molecule has 0 aromatic heterocycles. The first-order valence-electron chi connectivity index (χ1n) is 5.98. The lowest BCUT2D eigenvalue weighted by Crippen LogP contribution is -2.32. The van der Waals surface area contributed by atoms with Gasteiger partial charge < -0.3 is 10.9 Å². The minimum absolute atomic E-state index is 0.169. The van der Waals surface area contributed by atoms with Crippen LogP contribution in [0.1, 0.15) is 31.9 Å². The standard InChI is InChI=1S/C13H21N3O/c1-3-16(4-2)12(10-13(14)15-17)11-8-6-5-7-9-11/h5-9,12,17H,3-4,10H2,1-2H3,(H2,14,15). The fourth-order valence-corrected chi connectivity index (χ4v) is 2.04. The van der Waals surface area contributed by atoms with Crippen LogP contribution in [0.2, 0.25) is 0 Å².